The number of hydrogen-bond acceptors (Lipinski definition) is 5. The number of para-hydroxylation sites is 1. The fourth-order valence-corrected chi connectivity index (χ4v) is 2.97. The third kappa shape index (κ3) is 2.96. The maximum Gasteiger partial charge on any atom is 0.133 e. The second-order valence-corrected chi connectivity index (χ2v) is 5.91. The van der Waals surface area contributed by atoms with Gasteiger partial charge in [0.1, 0.15) is 11.6 Å². The summed E-state index contributed by atoms with van der Waals surface area (Å²) in [4.78, 5) is 11.3. The van der Waals surface area contributed by atoms with Crippen LogP contribution in [0.25, 0.3) is 10.9 Å². The zero-order valence-electron chi connectivity index (χ0n) is 12.8. The van der Waals surface area contributed by atoms with Crippen molar-refractivity contribution in [3.8, 4) is 0 Å². The number of pyridine rings is 2. The summed E-state index contributed by atoms with van der Waals surface area (Å²) in [6.45, 7) is 1.90. The first kappa shape index (κ1) is 14.0. The minimum atomic E-state index is 0.265. The van der Waals surface area contributed by atoms with Crippen LogP contribution < -0.4 is 16.0 Å². The predicted octanol–water partition coefficient (Wildman–Crippen LogP) is 2.91. The van der Waals surface area contributed by atoms with Crippen molar-refractivity contribution < 1.29 is 0 Å². The van der Waals surface area contributed by atoms with Crippen LogP contribution in [0.15, 0.2) is 54.7 Å². The lowest BCUT2D eigenvalue weighted by Crippen LogP contribution is -2.26. The van der Waals surface area contributed by atoms with Crippen LogP contribution in [0.4, 0.5) is 17.3 Å². The van der Waals surface area contributed by atoms with E-state index in [-0.39, 0.29) is 6.04 Å². The first-order valence-electron chi connectivity index (χ1n) is 7.87. The van der Waals surface area contributed by atoms with Crippen molar-refractivity contribution in [1.29, 1.82) is 0 Å². The van der Waals surface area contributed by atoms with Gasteiger partial charge in [-0.3, -0.25) is 0 Å². The topological polar surface area (TPSA) is 67.1 Å². The van der Waals surface area contributed by atoms with Crippen LogP contribution in [0.5, 0.6) is 0 Å². The van der Waals surface area contributed by atoms with Gasteiger partial charge in [-0.2, -0.15) is 0 Å². The van der Waals surface area contributed by atoms with Crippen molar-refractivity contribution in [2.75, 3.05) is 23.3 Å². The van der Waals surface area contributed by atoms with Crippen molar-refractivity contribution in [2.24, 2.45) is 5.73 Å². The number of nitrogens with two attached hydrogens (primary N) is 1. The molecule has 1 aliphatic heterocycles. The molecule has 1 fully saturated rings. The number of benzene rings is 1. The normalized spacial score (nSPS) is 17.6. The molecule has 2 aromatic heterocycles. The van der Waals surface area contributed by atoms with E-state index in [0.717, 1.165) is 47.7 Å². The minimum absolute atomic E-state index is 0.265. The van der Waals surface area contributed by atoms with Crippen LogP contribution in [0.1, 0.15) is 6.42 Å². The highest BCUT2D eigenvalue weighted by Crippen LogP contribution is 2.23. The first-order valence-corrected chi connectivity index (χ1v) is 7.87. The van der Waals surface area contributed by atoms with Gasteiger partial charge < -0.3 is 16.0 Å². The van der Waals surface area contributed by atoms with Crippen molar-refractivity contribution in [3.05, 3.63) is 54.7 Å². The molecule has 0 spiro atoms. The largest absolute Gasteiger partial charge is 0.370 e. The van der Waals surface area contributed by atoms with Gasteiger partial charge in [0.15, 0.2) is 0 Å². The van der Waals surface area contributed by atoms with Crippen molar-refractivity contribution in [2.45, 2.75) is 12.5 Å². The molecule has 1 saturated heterocycles. The molecule has 3 heterocycles. The predicted molar refractivity (Wildman–Crippen MR) is 94.1 cm³/mol. The molecule has 0 amide bonds. The summed E-state index contributed by atoms with van der Waals surface area (Å²) in [6.07, 6.45) is 2.86. The highest BCUT2D eigenvalue weighted by molar-refractivity contribution is 5.80. The van der Waals surface area contributed by atoms with Gasteiger partial charge in [-0.15, -0.1) is 0 Å². The molecule has 0 bridgehead atoms. The first-order chi connectivity index (χ1) is 11.3. The van der Waals surface area contributed by atoms with E-state index >= 15 is 0 Å². The number of rotatable bonds is 3. The Morgan fingerprint density at radius 1 is 1.09 bits per heavy atom. The Labute approximate surface area is 135 Å². The summed E-state index contributed by atoms with van der Waals surface area (Å²) in [5.41, 5.74) is 8.11. The molecular formula is C18H19N5. The Hall–Kier alpha value is -2.66. The lowest BCUT2D eigenvalue weighted by Gasteiger charge is -2.18. The number of anilines is 3. The van der Waals surface area contributed by atoms with Crippen LogP contribution in [0.3, 0.4) is 0 Å². The minimum Gasteiger partial charge on any atom is -0.370 e. The quantitative estimate of drug-likeness (QED) is 0.779. The third-order valence-electron chi connectivity index (χ3n) is 4.19. The molecule has 5 heteroatoms. The standard InChI is InChI=1S/C18H19N5/c19-14-8-10-23(12-14)15-7-9-20-18(11-15)22-17-6-5-13-3-1-2-4-16(13)21-17/h1-7,9,11,14H,8,10,12,19H2,(H,20,21,22)/t14-/m0/s1. The Bertz CT molecular complexity index is 832. The molecule has 4 rings (SSSR count). The zero-order valence-corrected chi connectivity index (χ0v) is 12.8. The van der Waals surface area contributed by atoms with Crippen molar-refractivity contribution >= 4 is 28.2 Å². The van der Waals surface area contributed by atoms with Crippen LogP contribution in [-0.4, -0.2) is 29.1 Å². The summed E-state index contributed by atoms with van der Waals surface area (Å²) >= 11 is 0. The average Bonchev–Trinajstić information content (AvgIpc) is 3.02. The van der Waals surface area contributed by atoms with Crippen molar-refractivity contribution in [3.63, 3.8) is 0 Å². The SMILES string of the molecule is N[C@H]1CCN(c2ccnc(Nc3ccc4ccccc4n3)c2)C1. The van der Waals surface area contributed by atoms with Gasteiger partial charge in [0.2, 0.25) is 0 Å². The maximum atomic E-state index is 5.99. The molecule has 0 unspecified atom stereocenters. The second kappa shape index (κ2) is 5.85. The fourth-order valence-electron chi connectivity index (χ4n) is 2.97. The van der Waals surface area contributed by atoms with Gasteiger partial charge in [0.25, 0.3) is 0 Å². The van der Waals surface area contributed by atoms with E-state index in [1.807, 2.05) is 36.5 Å². The van der Waals surface area contributed by atoms with Crippen molar-refractivity contribution in [1.82, 2.24) is 9.97 Å². The average molecular weight is 305 g/mol. The smallest absolute Gasteiger partial charge is 0.133 e. The number of hydrogen-bond donors (Lipinski definition) is 2. The molecule has 116 valence electrons. The summed E-state index contributed by atoms with van der Waals surface area (Å²) in [6, 6.07) is 16.5. The van der Waals surface area contributed by atoms with Gasteiger partial charge in [-0.25, -0.2) is 9.97 Å². The van der Waals surface area contributed by atoms with Crippen LogP contribution >= 0.6 is 0 Å². The molecule has 23 heavy (non-hydrogen) atoms. The third-order valence-corrected chi connectivity index (χ3v) is 4.19. The maximum absolute atomic E-state index is 5.99. The Balaban J connectivity index is 1.58. The summed E-state index contributed by atoms with van der Waals surface area (Å²) in [5.74, 6) is 1.59. The van der Waals surface area contributed by atoms with E-state index in [2.05, 4.69) is 38.4 Å². The molecule has 3 aromatic rings. The zero-order chi connectivity index (χ0) is 15.6. The summed E-state index contributed by atoms with van der Waals surface area (Å²) in [7, 11) is 0. The highest BCUT2D eigenvalue weighted by Gasteiger charge is 2.19. The van der Waals surface area contributed by atoms with E-state index in [9.17, 15) is 0 Å². The Morgan fingerprint density at radius 2 is 2.00 bits per heavy atom. The van der Waals surface area contributed by atoms with Crippen LogP contribution in [-0.2, 0) is 0 Å². The molecule has 5 nitrogen and oxygen atoms in total. The van der Waals surface area contributed by atoms with Gasteiger partial charge in [-0.1, -0.05) is 18.2 Å². The number of fused-ring (bicyclic) bond motifs is 1. The van der Waals surface area contributed by atoms with Gasteiger partial charge >= 0.3 is 0 Å². The van der Waals surface area contributed by atoms with Crippen LogP contribution in [0, 0.1) is 0 Å². The molecule has 1 aromatic carbocycles. The molecule has 3 N–H and O–H groups in total. The highest BCUT2D eigenvalue weighted by atomic mass is 15.2. The molecule has 0 aliphatic carbocycles. The van der Waals surface area contributed by atoms with E-state index in [0.29, 0.717) is 0 Å². The molecule has 1 atom stereocenters. The number of nitrogens with zero attached hydrogens (tertiary/aromatic N) is 3. The number of nitrogens with one attached hydrogen (secondary N) is 1. The van der Waals surface area contributed by atoms with Gasteiger partial charge in [0.05, 0.1) is 5.52 Å². The van der Waals surface area contributed by atoms with Crippen LogP contribution in [0.2, 0.25) is 0 Å². The van der Waals surface area contributed by atoms with E-state index in [4.69, 9.17) is 5.73 Å². The molecule has 0 radical (unpaired) electrons. The van der Waals surface area contributed by atoms with Gasteiger partial charge in [0, 0.05) is 42.5 Å². The Kier molecular flexibility index (Phi) is 3.55. The van der Waals surface area contributed by atoms with E-state index in [1.54, 1.807) is 0 Å². The Morgan fingerprint density at radius 3 is 2.87 bits per heavy atom. The lowest BCUT2D eigenvalue weighted by atomic mass is 10.2. The van der Waals surface area contributed by atoms with E-state index < -0.39 is 0 Å². The second-order valence-electron chi connectivity index (χ2n) is 5.91. The summed E-state index contributed by atoms with van der Waals surface area (Å²) in [5, 5.41) is 4.42. The molecular weight excluding hydrogens is 286 g/mol. The molecule has 1 aliphatic rings. The fraction of sp³-hybridized carbons (Fsp3) is 0.222. The van der Waals surface area contributed by atoms with E-state index in [1.165, 1.54) is 0 Å². The molecule has 0 saturated carbocycles. The van der Waals surface area contributed by atoms with Gasteiger partial charge in [-0.05, 0) is 30.7 Å². The summed E-state index contributed by atoms with van der Waals surface area (Å²) < 4.78 is 0. The lowest BCUT2D eigenvalue weighted by molar-refractivity contribution is 0.752. The monoisotopic (exact) mass is 305 g/mol. The number of aromatic nitrogens is 2.